The van der Waals surface area contributed by atoms with Crippen LogP contribution in [0.2, 0.25) is 0 Å². The molecule has 1 aliphatic rings. The summed E-state index contributed by atoms with van der Waals surface area (Å²) in [4.78, 5) is 31.6. The van der Waals surface area contributed by atoms with Crippen LogP contribution in [0.1, 0.15) is 28.4 Å². The van der Waals surface area contributed by atoms with Crippen LogP contribution in [0.25, 0.3) is 0 Å². The van der Waals surface area contributed by atoms with E-state index in [1.807, 2.05) is 24.3 Å². The SMILES string of the molecule is O=C(O)CC1CN(C(=O)c2cnc[nH]2)c2ccccc21. The zero-order chi connectivity index (χ0) is 14.1. The van der Waals surface area contributed by atoms with Crippen LogP contribution >= 0.6 is 0 Å². The molecular formula is C14H13N3O3. The normalized spacial score (nSPS) is 17.0. The number of amides is 1. The predicted molar refractivity (Wildman–Crippen MR) is 71.7 cm³/mol. The average molecular weight is 271 g/mol. The number of aromatic nitrogens is 2. The quantitative estimate of drug-likeness (QED) is 0.888. The first-order valence-corrected chi connectivity index (χ1v) is 6.28. The number of hydrogen-bond donors (Lipinski definition) is 2. The van der Waals surface area contributed by atoms with Gasteiger partial charge in [-0.2, -0.15) is 0 Å². The number of imidazole rings is 1. The van der Waals surface area contributed by atoms with E-state index in [9.17, 15) is 9.59 Å². The number of carboxylic acids is 1. The molecule has 2 heterocycles. The zero-order valence-corrected chi connectivity index (χ0v) is 10.6. The molecule has 0 saturated heterocycles. The summed E-state index contributed by atoms with van der Waals surface area (Å²) in [6, 6.07) is 7.42. The molecule has 2 N–H and O–H groups in total. The van der Waals surface area contributed by atoms with E-state index in [0.717, 1.165) is 11.3 Å². The number of carbonyl (C=O) groups is 2. The van der Waals surface area contributed by atoms with Crippen molar-refractivity contribution in [2.24, 2.45) is 0 Å². The maximum atomic E-state index is 12.4. The van der Waals surface area contributed by atoms with Crippen LogP contribution in [0.3, 0.4) is 0 Å². The van der Waals surface area contributed by atoms with Crippen molar-refractivity contribution >= 4 is 17.6 Å². The number of para-hydroxylation sites is 1. The maximum Gasteiger partial charge on any atom is 0.304 e. The van der Waals surface area contributed by atoms with Crippen molar-refractivity contribution < 1.29 is 14.7 Å². The van der Waals surface area contributed by atoms with E-state index in [0.29, 0.717) is 12.2 Å². The molecule has 0 saturated carbocycles. The van der Waals surface area contributed by atoms with E-state index in [2.05, 4.69) is 9.97 Å². The van der Waals surface area contributed by atoms with Crippen LogP contribution in [0, 0.1) is 0 Å². The van der Waals surface area contributed by atoms with E-state index in [4.69, 9.17) is 5.11 Å². The Morgan fingerprint density at radius 1 is 1.40 bits per heavy atom. The van der Waals surface area contributed by atoms with Crippen LogP contribution in [0.15, 0.2) is 36.8 Å². The highest BCUT2D eigenvalue weighted by molar-refractivity contribution is 6.06. The van der Waals surface area contributed by atoms with E-state index in [1.54, 1.807) is 4.90 Å². The van der Waals surface area contributed by atoms with Gasteiger partial charge in [-0.15, -0.1) is 0 Å². The van der Waals surface area contributed by atoms with Gasteiger partial charge in [0.25, 0.3) is 5.91 Å². The van der Waals surface area contributed by atoms with Crippen LogP contribution in [0.4, 0.5) is 5.69 Å². The summed E-state index contributed by atoms with van der Waals surface area (Å²) in [6.07, 6.45) is 2.93. The molecular weight excluding hydrogens is 258 g/mol. The lowest BCUT2D eigenvalue weighted by atomic mass is 9.98. The van der Waals surface area contributed by atoms with Crippen molar-refractivity contribution in [3.05, 3.63) is 48.0 Å². The minimum absolute atomic E-state index is 0.0176. The minimum Gasteiger partial charge on any atom is -0.481 e. The van der Waals surface area contributed by atoms with Gasteiger partial charge >= 0.3 is 5.97 Å². The Kier molecular flexibility index (Phi) is 2.98. The molecule has 0 radical (unpaired) electrons. The molecule has 1 atom stereocenters. The summed E-state index contributed by atoms with van der Waals surface area (Å²) in [6.45, 7) is 0.378. The molecule has 6 heteroatoms. The first-order chi connectivity index (χ1) is 9.66. The number of rotatable bonds is 3. The van der Waals surface area contributed by atoms with Crippen LogP contribution in [-0.4, -0.2) is 33.5 Å². The highest BCUT2D eigenvalue weighted by Gasteiger charge is 2.34. The molecule has 0 bridgehead atoms. The zero-order valence-electron chi connectivity index (χ0n) is 10.6. The number of benzene rings is 1. The Bertz CT molecular complexity index is 651. The summed E-state index contributed by atoms with van der Waals surface area (Å²) >= 11 is 0. The highest BCUT2D eigenvalue weighted by atomic mass is 16.4. The van der Waals surface area contributed by atoms with Gasteiger partial charge in [0.05, 0.1) is 18.9 Å². The molecule has 0 spiro atoms. The molecule has 1 unspecified atom stereocenters. The van der Waals surface area contributed by atoms with Crippen molar-refractivity contribution in [2.75, 3.05) is 11.4 Å². The fourth-order valence-electron chi connectivity index (χ4n) is 2.59. The first kappa shape index (κ1) is 12.4. The standard InChI is InChI=1S/C14H13N3O3/c18-13(19)5-9-7-17(12-4-2-1-3-10(9)12)14(20)11-6-15-8-16-11/h1-4,6,8-9H,5,7H2,(H,15,16)(H,18,19). The Morgan fingerprint density at radius 2 is 2.20 bits per heavy atom. The number of carbonyl (C=O) groups excluding carboxylic acids is 1. The Labute approximate surface area is 115 Å². The second-order valence-electron chi connectivity index (χ2n) is 4.73. The third-order valence-electron chi connectivity index (χ3n) is 3.47. The fraction of sp³-hybridized carbons (Fsp3) is 0.214. The molecule has 2 aromatic rings. The van der Waals surface area contributed by atoms with Gasteiger partial charge in [0, 0.05) is 18.2 Å². The van der Waals surface area contributed by atoms with Gasteiger partial charge in [0.15, 0.2) is 0 Å². The Balaban J connectivity index is 1.94. The lowest BCUT2D eigenvalue weighted by Crippen LogP contribution is -2.30. The third kappa shape index (κ3) is 2.05. The summed E-state index contributed by atoms with van der Waals surface area (Å²) in [5, 5.41) is 8.99. The third-order valence-corrected chi connectivity index (χ3v) is 3.47. The number of carboxylic acid groups (broad SMARTS) is 1. The Morgan fingerprint density at radius 3 is 2.90 bits per heavy atom. The number of aliphatic carboxylic acids is 1. The Hall–Kier alpha value is -2.63. The topological polar surface area (TPSA) is 86.3 Å². The van der Waals surface area contributed by atoms with Gasteiger partial charge in [0.2, 0.25) is 0 Å². The maximum absolute atomic E-state index is 12.4. The van der Waals surface area contributed by atoms with Crippen molar-refractivity contribution in [3.63, 3.8) is 0 Å². The molecule has 1 amide bonds. The van der Waals surface area contributed by atoms with Crippen molar-refractivity contribution in [2.45, 2.75) is 12.3 Å². The average Bonchev–Trinajstić information content (AvgIpc) is 3.06. The van der Waals surface area contributed by atoms with Crippen LogP contribution in [-0.2, 0) is 4.79 Å². The van der Waals surface area contributed by atoms with Crippen LogP contribution in [0.5, 0.6) is 0 Å². The second kappa shape index (κ2) is 4.80. The van der Waals surface area contributed by atoms with Gasteiger partial charge in [-0.25, -0.2) is 4.98 Å². The number of anilines is 1. The second-order valence-corrected chi connectivity index (χ2v) is 4.73. The number of H-pyrrole nitrogens is 1. The minimum atomic E-state index is -0.861. The van der Waals surface area contributed by atoms with Crippen molar-refractivity contribution in [1.82, 2.24) is 9.97 Å². The summed E-state index contributed by atoms with van der Waals surface area (Å²) < 4.78 is 0. The van der Waals surface area contributed by atoms with Gasteiger partial charge in [-0.05, 0) is 11.6 Å². The molecule has 0 aliphatic carbocycles. The first-order valence-electron chi connectivity index (χ1n) is 6.28. The number of aromatic amines is 1. The lowest BCUT2D eigenvalue weighted by molar-refractivity contribution is -0.137. The molecule has 6 nitrogen and oxygen atoms in total. The van der Waals surface area contributed by atoms with Gasteiger partial charge in [-0.1, -0.05) is 18.2 Å². The molecule has 20 heavy (non-hydrogen) atoms. The van der Waals surface area contributed by atoms with E-state index in [-0.39, 0.29) is 18.2 Å². The van der Waals surface area contributed by atoms with Crippen molar-refractivity contribution in [1.29, 1.82) is 0 Å². The smallest absolute Gasteiger partial charge is 0.304 e. The molecule has 1 aromatic carbocycles. The molecule has 0 fully saturated rings. The number of hydrogen-bond acceptors (Lipinski definition) is 3. The summed E-state index contributed by atoms with van der Waals surface area (Å²) in [5.41, 5.74) is 2.08. The number of nitrogens with zero attached hydrogens (tertiary/aromatic N) is 2. The predicted octanol–water partition coefficient (Wildman–Crippen LogP) is 1.63. The summed E-state index contributed by atoms with van der Waals surface area (Å²) in [7, 11) is 0. The molecule has 1 aromatic heterocycles. The number of fused-ring (bicyclic) bond motifs is 1. The van der Waals surface area contributed by atoms with E-state index < -0.39 is 5.97 Å². The highest BCUT2D eigenvalue weighted by Crippen LogP contribution is 2.38. The van der Waals surface area contributed by atoms with Crippen LogP contribution < -0.4 is 4.90 Å². The fourth-order valence-corrected chi connectivity index (χ4v) is 2.59. The monoisotopic (exact) mass is 271 g/mol. The van der Waals surface area contributed by atoms with Gasteiger partial charge in [-0.3, -0.25) is 9.59 Å². The molecule has 3 rings (SSSR count). The largest absolute Gasteiger partial charge is 0.481 e. The van der Waals surface area contributed by atoms with E-state index in [1.165, 1.54) is 12.5 Å². The lowest BCUT2D eigenvalue weighted by Gasteiger charge is -2.16. The molecule has 102 valence electrons. The van der Waals surface area contributed by atoms with Crippen molar-refractivity contribution in [3.8, 4) is 0 Å². The molecule has 1 aliphatic heterocycles. The van der Waals surface area contributed by atoms with E-state index >= 15 is 0 Å². The number of nitrogens with one attached hydrogen (secondary N) is 1. The van der Waals surface area contributed by atoms with Gasteiger partial charge in [0.1, 0.15) is 5.69 Å². The summed E-state index contributed by atoms with van der Waals surface area (Å²) in [5.74, 6) is -1.22. The van der Waals surface area contributed by atoms with Gasteiger partial charge < -0.3 is 15.0 Å².